The van der Waals surface area contributed by atoms with E-state index in [9.17, 15) is 9.59 Å². The van der Waals surface area contributed by atoms with Crippen LogP contribution in [0.2, 0.25) is 0 Å². The molecule has 0 saturated heterocycles. The molecule has 2 N–H and O–H groups in total. The highest BCUT2D eigenvalue weighted by atomic mass is 32.2. The van der Waals surface area contributed by atoms with E-state index in [4.69, 9.17) is 0 Å². The predicted octanol–water partition coefficient (Wildman–Crippen LogP) is 0.939. The molecule has 20 heavy (non-hydrogen) atoms. The molecule has 2 aromatic rings. The van der Waals surface area contributed by atoms with Crippen LogP contribution in [0.15, 0.2) is 34.5 Å². The highest BCUT2D eigenvalue weighted by Gasteiger charge is 2.09. The van der Waals surface area contributed by atoms with Crippen LogP contribution in [0.25, 0.3) is 0 Å². The molecule has 0 atom stereocenters. The summed E-state index contributed by atoms with van der Waals surface area (Å²) in [5, 5.41) is 3.62. The van der Waals surface area contributed by atoms with Crippen LogP contribution in [0, 0.1) is 6.92 Å². The molecule has 106 valence electrons. The number of pyridine rings is 1. The SMILES string of the molecule is Cc1ccc(C(=O)NCCSc2nccn2C)c(=O)[nH]1. The van der Waals surface area contributed by atoms with E-state index < -0.39 is 0 Å². The molecular weight excluding hydrogens is 276 g/mol. The summed E-state index contributed by atoms with van der Waals surface area (Å²) in [4.78, 5) is 30.2. The van der Waals surface area contributed by atoms with Crippen LogP contribution in [0.4, 0.5) is 0 Å². The van der Waals surface area contributed by atoms with Gasteiger partial charge >= 0.3 is 0 Å². The summed E-state index contributed by atoms with van der Waals surface area (Å²) in [6, 6.07) is 3.24. The van der Waals surface area contributed by atoms with Gasteiger partial charge in [-0.15, -0.1) is 0 Å². The minimum Gasteiger partial charge on any atom is -0.351 e. The summed E-state index contributed by atoms with van der Waals surface area (Å²) >= 11 is 1.55. The molecule has 0 bridgehead atoms. The van der Waals surface area contributed by atoms with Crippen LogP contribution in [0.1, 0.15) is 16.1 Å². The smallest absolute Gasteiger partial charge is 0.260 e. The van der Waals surface area contributed by atoms with Crippen molar-refractivity contribution in [3.63, 3.8) is 0 Å². The topological polar surface area (TPSA) is 79.8 Å². The van der Waals surface area contributed by atoms with Gasteiger partial charge in [-0.05, 0) is 19.1 Å². The summed E-state index contributed by atoms with van der Waals surface area (Å²) < 4.78 is 1.91. The van der Waals surface area contributed by atoms with E-state index in [1.165, 1.54) is 6.07 Å². The number of nitrogens with zero attached hydrogens (tertiary/aromatic N) is 2. The monoisotopic (exact) mass is 292 g/mol. The number of carbonyl (C=O) groups is 1. The predicted molar refractivity (Wildman–Crippen MR) is 78.1 cm³/mol. The fraction of sp³-hybridized carbons (Fsp3) is 0.308. The molecule has 6 nitrogen and oxygen atoms in total. The Morgan fingerprint density at radius 3 is 2.95 bits per heavy atom. The molecule has 0 fully saturated rings. The maximum absolute atomic E-state index is 11.8. The fourth-order valence-electron chi connectivity index (χ4n) is 1.64. The second-order valence-corrected chi connectivity index (χ2v) is 5.37. The van der Waals surface area contributed by atoms with Crippen molar-refractivity contribution in [2.45, 2.75) is 12.1 Å². The lowest BCUT2D eigenvalue weighted by atomic mass is 10.2. The molecule has 2 aromatic heterocycles. The Hall–Kier alpha value is -2.02. The average Bonchev–Trinajstić information content (AvgIpc) is 2.80. The number of amides is 1. The summed E-state index contributed by atoms with van der Waals surface area (Å²) in [7, 11) is 1.92. The zero-order valence-corrected chi connectivity index (χ0v) is 12.2. The molecule has 0 saturated carbocycles. The van der Waals surface area contributed by atoms with E-state index in [1.807, 2.05) is 17.8 Å². The zero-order chi connectivity index (χ0) is 14.5. The van der Waals surface area contributed by atoms with Crippen LogP contribution in [0.3, 0.4) is 0 Å². The minimum atomic E-state index is -0.362. The summed E-state index contributed by atoms with van der Waals surface area (Å²) in [6.45, 7) is 2.25. The van der Waals surface area contributed by atoms with Crippen molar-refractivity contribution in [2.24, 2.45) is 7.05 Å². The summed E-state index contributed by atoms with van der Waals surface area (Å²) in [6.07, 6.45) is 3.60. The van der Waals surface area contributed by atoms with E-state index in [1.54, 1.807) is 30.9 Å². The van der Waals surface area contributed by atoms with E-state index in [0.717, 1.165) is 10.9 Å². The van der Waals surface area contributed by atoms with Gasteiger partial charge in [0.1, 0.15) is 5.56 Å². The highest BCUT2D eigenvalue weighted by molar-refractivity contribution is 7.99. The molecule has 2 rings (SSSR count). The number of imidazole rings is 1. The van der Waals surface area contributed by atoms with Crippen molar-refractivity contribution in [3.8, 4) is 0 Å². The Balaban J connectivity index is 1.83. The van der Waals surface area contributed by atoms with Gasteiger partial charge in [-0.3, -0.25) is 9.59 Å². The summed E-state index contributed by atoms with van der Waals surface area (Å²) in [5.74, 6) is 0.340. The quantitative estimate of drug-likeness (QED) is 0.635. The Morgan fingerprint density at radius 2 is 2.30 bits per heavy atom. The van der Waals surface area contributed by atoms with Crippen molar-refractivity contribution in [1.82, 2.24) is 19.9 Å². The standard InChI is InChI=1S/C13H16N4O2S/c1-9-3-4-10(12(19)16-9)11(18)14-6-8-20-13-15-5-7-17(13)2/h3-5,7H,6,8H2,1-2H3,(H,14,18)(H,16,19). The van der Waals surface area contributed by atoms with Crippen molar-refractivity contribution < 1.29 is 4.79 Å². The zero-order valence-electron chi connectivity index (χ0n) is 11.3. The van der Waals surface area contributed by atoms with Crippen molar-refractivity contribution >= 4 is 17.7 Å². The lowest BCUT2D eigenvalue weighted by Crippen LogP contribution is -2.31. The van der Waals surface area contributed by atoms with E-state index >= 15 is 0 Å². The van der Waals surface area contributed by atoms with Gasteiger partial charge < -0.3 is 14.9 Å². The summed E-state index contributed by atoms with van der Waals surface area (Å²) in [5.41, 5.74) is 0.508. The number of thioether (sulfide) groups is 1. The first-order valence-corrected chi connectivity index (χ1v) is 7.15. The molecule has 0 unspecified atom stereocenters. The third kappa shape index (κ3) is 3.51. The Morgan fingerprint density at radius 1 is 1.50 bits per heavy atom. The number of hydrogen-bond donors (Lipinski definition) is 2. The van der Waals surface area contributed by atoms with Gasteiger partial charge in [0.25, 0.3) is 11.5 Å². The van der Waals surface area contributed by atoms with Gasteiger partial charge in [-0.2, -0.15) is 0 Å². The Kier molecular flexibility index (Phi) is 4.62. The average molecular weight is 292 g/mol. The van der Waals surface area contributed by atoms with Gasteiger partial charge in [0.15, 0.2) is 5.16 Å². The maximum Gasteiger partial charge on any atom is 0.260 e. The van der Waals surface area contributed by atoms with Crippen LogP contribution in [-0.2, 0) is 7.05 Å². The maximum atomic E-state index is 11.8. The first-order valence-electron chi connectivity index (χ1n) is 6.16. The third-order valence-electron chi connectivity index (χ3n) is 2.70. The first kappa shape index (κ1) is 14.4. The molecular formula is C13H16N4O2S. The number of aryl methyl sites for hydroxylation is 2. The minimum absolute atomic E-state index is 0.137. The second-order valence-electron chi connectivity index (χ2n) is 4.31. The van der Waals surface area contributed by atoms with Gasteiger partial charge in [0.05, 0.1) is 0 Å². The molecule has 0 aliphatic heterocycles. The van der Waals surface area contributed by atoms with E-state index in [2.05, 4.69) is 15.3 Å². The number of nitrogens with one attached hydrogen (secondary N) is 2. The van der Waals surface area contributed by atoms with Crippen LogP contribution < -0.4 is 10.9 Å². The van der Waals surface area contributed by atoms with E-state index in [-0.39, 0.29) is 17.0 Å². The molecule has 7 heteroatoms. The number of H-pyrrole nitrogens is 1. The van der Waals surface area contributed by atoms with Crippen molar-refractivity contribution in [3.05, 3.63) is 46.1 Å². The van der Waals surface area contributed by atoms with Crippen LogP contribution in [-0.4, -0.2) is 32.7 Å². The third-order valence-corrected chi connectivity index (χ3v) is 3.76. The van der Waals surface area contributed by atoms with Crippen LogP contribution in [0.5, 0.6) is 0 Å². The molecule has 1 amide bonds. The van der Waals surface area contributed by atoms with Crippen molar-refractivity contribution in [1.29, 1.82) is 0 Å². The molecule has 0 spiro atoms. The van der Waals surface area contributed by atoms with Gasteiger partial charge in [0.2, 0.25) is 0 Å². The highest BCUT2D eigenvalue weighted by Crippen LogP contribution is 2.12. The van der Waals surface area contributed by atoms with Gasteiger partial charge in [-0.25, -0.2) is 4.98 Å². The number of carbonyl (C=O) groups excluding carboxylic acids is 1. The fourth-order valence-corrected chi connectivity index (χ4v) is 2.43. The van der Waals surface area contributed by atoms with Crippen molar-refractivity contribution in [2.75, 3.05) is 12.3 Å². The molecule has 2 heterocycles. The number of hydrogen-bond acceptors (Lipinski definition) is 4. The molecule has 0 aliphatic carbocycles. The number of aromatic nitrogens is 3. The van der Waals surface area contributed by atoms with Crippen LogP contribution >= 0.6 is 11.8 Å². The Bertz CT molecular complexity index is 662. The largest absolute Gasteiger partial charge is 0.351 e. The lowest BCUT2D eigenvalue weighted by molar-refractivity contribution is 0.0954. The molecule has 0 radical (unpaired) electrons. The number of aromatic amines is 1. The van der Waals surface area contributed by atoms with E-state index in [0.29, 0.717) is 12.3 Å². The Labute approximate surface area is 120 Å². The second kappa shape index (κ2) is 6.42. The lowest BCUT2D eigenvalue weighted by Gasteiger charge is -2.05. The number of rotatable bonds is 5. The van der Waals surface area contributed by atoms with Gasteiger partial charge in [0, 0.05) is 37.4 Å². The molecule has 0 aromatic carbocycles. The molecule has 0 aliphatic rings. The first-order chi connectivity index (χ1) is 9.58. The van der Waals surface area contributed by atoms with Gasteiger partial charge in [-0.1, -0.05) is 11.8 Å². The normalized spacial score (nSPS) is 10.5.